The third-order valence-corrected chi connectivity index (χ3v) is 8.98. The Morgan fingerprint density at radius 2 is 1.61 bits per heavy atom. The highest BCUT2D eigenvalue weighted by atomic mass is 32.2. The number of benzene rings is 4. The number of ether oxygens (including phenoxy) is 2. The van der Waals surface area contributed by atoms with Gasteiger partial charge in [0.1, 0.15) is 0 Å². The normalized spacial score (nSPS) is 19.5. The zero-order chi connectivity index (χ0) is 32.0. The zero-order valence-corrected chi connectivity index (χ0v) is 26.1. The fourth-order valence-corrected chi connectivity index (χ4v) is 6.41. The van der Waals surface area contributed by atoms with E-state index in [1.807, 2.05) is 48.5 Å². The number of anilines is 1. The molecule has 2 heterocycles. The van der Waals surface area contributed by atoms with Crippen molar-refractivity contribution in [1.82, 2.24) is 20.2 Å². The average molecular weight is 636 g/mol. The highest BCUT2D eigenvalue weighted by molar-refractivity contribution is 7.99. The average Bonchev–Trinajstić information content (AvgIpc) is 3.51. The molecule has 2 N–H and O–H groups in total. The first kappa shape index (κ1) is 31.3. The largest absolute Gasteiger partial charge is 0.392 e. The summed E-state index contributed by atoms with van der Waals surface area (Å²) >= 11 is 1.50. The molecule has 46 heavy (non-hydrogen) atoms. The van der Waals surface area contributed by atoms with E-state index < -0.39 is 12.4 Å². The number of thioether (sulfide) groups is 1. The van der Waals surface area contributed by atoms with Gasteiger partial charge in [-0.25, -0.2) is 4.68 Å². The van der Waals surface area contributed by atoms with Crippen molar-refractivity contribution in [3.8, 4) is 0 Å². The SMILES string of the molecule is CC(=O)c1cccc(NC(=O)c2cccc(C3O[C@H](CSc4nnnn4C)[C@@H](c4ccccc4)[C@H](c4ccc(CO)cc4)O3)c2)c1. The third-order valence-electron chi connectivity index (χ3n) is 7.88. The van der Waals surface area contributed by atoms with Gasteiger partial charge in [-0.3, -0.25) is 9.59 Å². The second-order valence-corrected chi connectivity index (χ2v) is 12.0. The lowest BCUT2D eigenvalue weighted by Gasteiger charge is -2.43. The molecule has 6 rings (SSSR count). The van der Waals surface area contributed by atoms with Gasteiger partial charge in [-0.15, -0.1) is 5.10 Å². The van der Waals surface area contributed by atoms with Crippen LogP contribution >= 0.6 is 11.8 Å². The number of rotatable bonds is 10. The van der Waals surface area contributed by atoms with Crippen molar-refractivity contribution < 1.29 is 24.2 Å². The van der Waals surface area contributed by atoms with E-state index in [1.165, 1.54) is 18.7 Å². The number of hydrogen-bond acceptors (Lipinski definition) is 9. The number of amides is 1. The van der Waals surface area contributed by atoms with Gasteiger partial charge in [-0.05, 0) is 58.3 Å². The molecule has 4 aromatic carbocycles. The fraction of sp³-hybridized carbons (Fsp3) is 0.229. The molecule has 1 aliphatic rings. The Hall–Kier alpha value is -4.68. The van der Waals surface area contributed by atoms with Crippen LogP contribution in [0.1, 0.15) is 68.2 Å². The number of ketones is 1. The molecule has 4 atom stereocenters. The summed E-state index contributed by atoms with van der Waals surface area (Å²) in [7, 11) is 1.79. The first-order valence-corrected chi connectivity index (χ1v) is 15.8. The first-order chi connectivity index (χ1) is 22.4. The predicted octanol–water partition coefficient (Wildman–Crippen LogP) is 5.89. The van der Waals surface area contributed by atoms with Crippen molar-refractivity contribution in [1.29, 1.82) is 0 Å². The van der Waals surface area contributed by atoms with E-state index in [0.29, 0.717) is 33.3 Å². The summed E-state index contributed by atoms with van der Waals surface area (Å²) in [6.07, 6.45) is -1.54. The summed E-state index contributed by atoms with van der Waals surface area (Å²) in [5, 5.41) is 25.1. The van der Waals surface area contributed by atoms with E-state index >= 15 is 0 Å². The molecule has 0 radical (unpaired) electrons. The second-order valence-electron chi connectivity index (χ2n) is 11.0. The number of carbonyl (C=O) groups is 2. The topological polar surface area (TPSA) is 128 Å². The predicted molar refractivity (Wildman–Crippen MR) is 173 cm³/mol. The van der Waals surface area contributed by atoms with Gasteiger partial charge in [0.05, 0.1) is 18.8 Å². The van der Waals surface area contributed by atoms with Crippen molar-refractivity contribution in [2.24, 2.45) is 7.05 Å². The summed E-state index contributed by atoms with van der Waals surface area (Å²) in [5.41, 5.74) is 4.95. The smallest absolute Gasteiger partial charge is 0.255 e. The Labute approximate surface area is 270 Å². The molecule has 0 bridgehead atoms. The molecule has 0 saturated carbocycles. The van der Waals surface area contributed by atoms with Crippen LogP contribution in [0.5, 0.6) is 0 Å². The summed E-state index contributed by atoms with van der Waals surface area (Å²) in [4.78, 5) is 25.2. The molecule has 1 amide bonds. The number of aryl methyl sites for hydroxylation is 1. The van der Waals surface area contributed by atoms with Crippen LogP contribution in [0, 0.1) is 0 Å². The molecule has 0 spiro atoms. The number of nitrogens with one attached hydrogen (secondary N) is 1. The van der Waals surface area contributed by atoms with E-state index in [2.05, 4.69) is 33.0 Å². The van der Waals surface area contributed by atoms with E-state index in [4.69, 9.17) is 9.47 Å². The second kappa shape index (κ2) is 14.2. The van der Waals surface area contributed by atoms with Crippen molar-refractivity contribution in [2.45, 2.75) is 43.1 Å². The van der Waals surface area contributed by atoms with Gasteiger partial charge >= 0.3 is 0 Å². The van der Waals surface area contributed by atoms with Gasteiger partial charge in [-0.1, -0.05) is 90.6 Å². The van der Waals surface area contributed by atoms with Crippen LogP contribution in [0.15, 0.2) is 108 Å². The number of aromatic nitrogens is 4. The molecule has 1 saturated heterocycles. The van der Waals surface area contributed by atoms with E-state index in [1.54, 1.807) is 54.2 Å². The minimum Gasteiger partial charge on any atom is -0.392 e. The Bertz CT molecular complexity index is 1810. The molecule has 10 nitrogen and oxygen atoms in total. The maximum absolute atomic E-state index is 13.3. The molecule has 1 unspecified atom stereocenters. The van der Waals surface area contributed by atoms with Gasteiger partial charge in [-0.2, -0.15) is 0 Å². The molecule has 5 aromatic rings. The minimum atomic E-state index is -0.792. The van der Waals surface area contributed by atoms with Crippen LogP contribution < -0.4 is 5.32 Å². The minimum absolute atomic E-state index is 0.0570. The maximum Gasteiger partial charge on any atom is 0.255 e. The van der Waals surface area contributed by atoms with Gasteiger partial charge in [0.25, 0.3) is 5.91 Å². The van der Waals surface area contributed by atoms with Crippen molar-refractivity contribution in [2.75, 3.05) is 11.1 Å². The van der Waals surface area contributed by atoms with E-state index in [9.17, 15) is 14.7 Å². The van der Waals surface area contributed by atoms with Crippen molar-refractivity contribution >= 4 is 29.1 Å². The van der Waals surface area contributed by atoms with Crippen LogP contribution in [0.25, 0.3) is 0 Å². The molecular formula is C35H33N5O5S. The number of carbonyl (C=O) groups excluding carboxylic acids is 2. The van der Waals surface area contributed by atoms with Crippen LogP contribution in [0.4, 0.5) is 5.69 Å². The van der Waals surface area contributed by atoms with Gasteiger partial charge in [0.15, 0.2) is 12.1 Å². The molecule has 234 valence electrons. The van der Waals surface area contributed by atoms with Crippen LogP contribution in [-0.4, -0.2) is 48.9 Å². The zero-order valence-electron chi connectivity index (χ0n) is 25.3. The fourth-order valence-electron chi connectivity index (χ4n) is 5.50. The lowest BCUT2D eigenvalue weighted by Crippen LogP contribution is -2.38. The standard InChI is InChI=1S/C35H33N5O5S/c1-22(42)26-10-7-13-29(19-26)36-33(43)27-11-6-12-28(18-27)34-44-30(21-46-35-37-38-39-40(35)2)31(24-8-4-3-5-9-24)32(45-34)25-16-14-23(20-41)15-17-25/h3-19,30-32,34,41H,20-21H2,1-2H3,(H,36,43)/t30-,31-,32+,34?/m1/s1. The van der Waals surface area contributed by atoms with Gasteiger partial charge in [0.2, 0.25) is 5.16 Å². The van der Waals surface area contributed by atoms with E-state index in [0.717, 1.165) is 16.7 Å². The first-order valence-electron chi connectivity index (χ1n) is 14.8. The quantitative estimate of drug-likeness (QED) is 0.143. The molecular weight excluding hydrogens is 602 g/mol. The summed E-state index contributed by atoms with van der Waals surface area (Å²) < 4.78 is 15.1. The number of aliphatic hydroxyl groups excluding tert-OH is 1. The number of tetrazole rings is 1. The Balaban J connectivity index is 1.33. The molecule has 1 aromatic heterocycles. The van der Waals surface area contributed by atoms with Crippen LogP contribution in [0.2, 0.25) is 0 Å². The van der Waals surface area contributed by atoms with Crippen molar-refractivity contribution in [3.63, 3.8) is 0 Å². The van der Waals surface area contributed by atoms with Gasteiger partial charge in [0, 0.05) is 41.1 Å². The maximum atomic E-state index is 13.3. The lowest BCUT2D eigenvalue weighted by atomic mass is 9.84. The number of aliphatic hydroxyl groups is 1. The highest BCUT2D eigenvalue weighted by Crippen LogP contribution is 2.48. The molecule has 0 aliphatic carbocycles. The number of Topliss-reactive ketones (excluding diaryl/α,β-unsaturated/α-hetero) is 1. The van der Waals surface area contributed by atoms with Crippen LogP contribution in [-0.2, 0) is 23.1 Å². The highest BCUT2D eigenvalue weighted by Gasteiger charge is 2.42. The number of hydrogen-bond donors (Lipinski definition) is 2. The molecule has 1 fully saturated rings. The van der Waals surface area contributed by atoms with Crippen molar-refractivity contribution in [3.05, 3.63) is 137 Å². The summed E-state index contributed by atoms with van der Waals surface area (Å²) in [5.74, 6) is -0.0576. The Kier molecular flexibility index (Phi) is 9.65. The van der Waals surface area contributed by atoms with Gasteiger partial charge < -0.3 is 19.9 Å². The summed E-state index contributed by atoms with van der Waals surface area (Å²) in [6, 6.07) is 31.9. The summed E-state index contributed by atoms with van der Waals surface area (Å²) in [6.45, 7) is 1.43. The third kappa shape index (κ3) is 7.08. The Morgan fingerprint density at radius 1 is 0.870 bits per heavy atom. The number of nitrogens with zero attached hydrogens (tertiary/aromatic N) is 4. The lowest BCUT2D eigenvalue weighted by molar-refractivity contribution is -0.255. The van der Waals surface area contributed by atoms with Crippen LogP contribution in [0.3, 0.4) is 0 Å². The molecule has 11 heteroatoms. The molecule has 1 aliphatic heterocycles. The Morgan fingerprint density at radius 3 is 2.33 bits per heavy atom. The monoisotopic (exact) mass is 635 g/mol. The van der Waals surface area contributed by atoms with E-state index in [-0.39, 0.29) is 30.3 Å².